The molecule has 0 aliphatic rings. The highest BCUT2D eigenvalue weighted by atomic mass is 19.3. The molecular weight excluding hydrogens is 150 g/mol. The number of alkyl halides is 2. The standard InChI is InChI=1S/C8H14F2O/c1-6(11)5-8(9,10)7(2,3)4/h5H2,1-4H3. The van der Waals surface area contributed by atoms with Gasteiger partial charge >= 0.3 is 0 Å². The molecule has 1 nitrogen and oxygen atoms in total. The van der Waals surface area contributed by atoms with E-state index in [0.29, 0.717) is 0 Å². The van der Waals surface area contributed by atoms with Gasteiger partial charge in [-0.15, -0.1) is 0 Å². The van der Waals surface area contributed by atoms with Gasteiger partial charge in [0.1, 0.15) is 5.78 Å². The fourth-order valence-corrected chi connectivity index (χ4v) is 0.578. The Morgan fingerprint density at radius 3 is 1.73 bits per heavy atom. The number of carbonyl (C=O) groups is 1. The molecule has 0 rings (SSSR count). The van der Waals surface area contributed by atoms with Crippen molar-refractivity contribution in [1.82, 2.24) is 0 Å². The second-order valence-corrected chi connectivity index (χ2v) is 3.83. The van der Waals surface area contributed by atoms with Gasteiger partial charge < -0.3 is 0 Å². The van der Waals surface area contributed by atoms with Crippen molar-refractivity contribution in [3.05, 3.63) is 0 Å². The lowest BCUT2D eigenvalue weighted by molar-refractivity contribution is -0.137. The Morgan fingerprint density at radius 1 is 1.27 bits per heavy atom. The number of hydrogen-bond acceptors (Lipinski definition) is 1. The number of ketones is 1. The zero-order valence-electron chi connectivity index (χ0n) is 7.37. The Bertz CT molecular complexity index is 156. The van der Waals surface area contributed by atoms with Crippen LogP contribution in [0.2, 0.25) is 0 Å². The van der Waals surface area contributed by atoms with Gasteiger partial charge in [0.2, 0.25) is 0 Å². The Balaban J connectivity index is 4.34. The van der Waals surface area contributed by atoms with Crippen LogP contribution in [0.1, 0.15) is 34.1 Å². The summed E-state index contributed by atoms with van der Waals surface area (Å²) < 4.78 is 25.9. The van der Waals surface area contributed by atoms with E-state index in [2.05, 4.69) is 0 Å². The van der Waals surface area contributed by atoms with E-state index >= 15 is 0 Å². The third-order valence-corrected chi connectivity index (χ3v) is 1.57. The normalized spacial score (nSPS) is 13.3. The molecule has 0 bridgehead atoms. The molecular formula is C8H14F2O. The van der Waals surface area contributed by atoms with Crippen molar-refractivity contribution < 1.29 is 13.6 Å². The zero-order chi connectivity index (χ0) is 9.28. The third kappa shape index (κ3) is 2.95. The molecule has 66 valence electrons. The number of rotatable bonds is 2. The van der Waals surface area contributed by atoms with Crippen molar-refractivity contribution in [3.8, 4) is 0 Å². The van der Waals surface area contributed by atoms with Crippen molar-refractivity contribution in [3.63, 3.8) is 0 Å². The van der Waals surface area contributed by atoms with Gasteiger partial charge in [-0.25, -0.2) is 8.78 Å². The molecule has 11 heavy (non-hydrogen) atoms. The highest BCUT2D eigenvalue weighted by molar-refractivity contribution is 5.76. The minimum atomic E-state index is -2.89. The fourth-order valence-electron chi connectivity index (χ4n) is 0.578. The second-order valence-electron chi connectivity index (χ2n) is 3.83. The summed E-state index contributed by atoms with van der Waals surface area (Å²) in [6.45, 7) is 5.46. The molecule has 0 aromatic rings. The van der Waals surface area contributed by atoms with Gasteiger partial charge in [-0.05, 0) is 6.92 Å². The van der Waals surface area contributed by atoms with Crippen molar-refractivity contribution >= 4 is 5.78 Å². The lowest BCUT2D eigenvalue weighted by Gasteiger charge is -2.29. The van der Waals surface area contributed by atoms with Crippen LogP contribution in [0.4, 0.5) is 8.78 Å². The van der Waals surface area contributed by atoms with E-state index in [1.165, 1.54) is 27.7 Å². The highest BCUT2D eigenvalue weighted by Crippen LogP contribution is 2.38. The largest absolute Gasteiger partial charge is 0.300 e. The summed E-state index contributed by atoms with van der Waals surface area (Å²) in [6.07, 6.45) is -0.656. The molecule has 0 amide bonds. The van der Waals surface area contributed by atoms with Crippen LogP contribution in [0.15, 0.2) is 0 Å². The molecule has 0 aromatic heterocycles. The van der Waals surface area contributed by atoms with Gasteiger partial charge in [0.05, 0.1) is 6.42 Å². The molecule has 3 heteroatoms. The van der Waals surface area contributed by atoms with E-state index in [-0.39, 0.29) is 0 Å². The summed E-state index contributed by atoms with van der Waals surface area (Å²) in [4.78, 5) is 10.4. The maximum atomic E-state index is 13.0. The second kappa shape index (κ2) is 2.88. The lowest BCUT2D eigenvalue weighted by atomic mass is 9.85. The average molecular weight is 164 g/mol. The molecule has 0 N–H and O–H groups in total. The van der Waals surface area contributed by atoms with Crippen LogP contribution < -0.4 is 0 Å². The monoisotopic (exact) mass is 164 g/mol. The Labute approximate surface area is 65.8 Å². The molecule has 0 radical (unpaired) electrons. The lowest BCUT2D eigenvalue weighted by Crippen LogP contribution is -2.35. The number of halogens is 2. The predicted octanol–water partition coefficient (Wildman–Crippen LogP) is 2.65. The molecule has 0 aliphatic heterocycles. The summed E-state index contributed by atoms with van der Waals surface area (Å²) >= 11 is 0. The topological polar surface area (TPSA) is 17.1 Å². The Hall–Kier alpha value is -0.470. The molecule has 0 atom stereocenters. The summed E-state index contributed by atoms with van der Waals surface area (Å²) in [5.74, 6) is -3.36. The van der Waals surface area contributed by atoms with E-state index in [9.17, 15) is 13.6 Å². The number of hydrogen-bond donors (Lipinski definition) is 0. The van der Waals surface area contributed by atoms with Crippen molar-refractivity contribution in [1.29, 1.82) is 0 Å². The van der Waals surface area contributed by atoms with E-state index in [1.54, 1.807) is 0 Å². The maximum Gasteiger partial charge on any atom is 0.259 e. The smallest absolute Gasteiger partial charge is 0.259 e. The predicted molar refractivity (Wildman–Crippen MR) is 39.7 cm³/mol. The third-order valence-electron chi connectivity index (χ3n) is 1.57. The first-order chi connectivity index (χ1) is 4.67. The van der Waals surface area contributed by atoms with Gasteiger partial charge in [-0.2, -0.15) is 0 Å². The van der Waals surface area contributed by atoms with Crippen LogP contribution >= 0.6 is 0 Å². The molecule has 0 saturated carbocycles. The van der Waals surface area contributed by atoms with Crippen molar-refractivity contribution in [2.24, 2.45) is 5.41 Å². The van der Waals surface area contributed by atoms with Crippen LogP contribution in [-0.4, -0.2) is 11.7 Å². The maximum absolute atomic E-state index is 13.0. The van der Waals surface area contributed by atoms with Gasteiger partial charge in [0.25, 0.3) is 5.92 Å². The molecule has 0 heterocycles. The van der Waals surface area contributed by atoms with E-state index in [1.807, 2.05) is 0 Å². The summed E-state index contributed by atoms with van der Waals surface area (Å²) in [5, 5.41) is 0. The fraction of sp³-hybridized carbons (Fsp3) is 0.875. The molecule has 0 spiro atoms. The van der Waals surface area contributed by atoms with Gasteiger partial charge in [0.15, 0.2) is 0 Å². The van der Waals surface area contributed by atoms with Crippen molar-refractivity contribution in [2.75, 3.05) is 0 Å². The van der Waals surface area contributed by atoms with Gasteiger partial charge in [-0.1, -0.05) is 20.8 Å². The SMILES string of the molecule is CC(=O)CC(F)(F)C(C)(C)C. The molecule has 0 saturated heterocycles. The minimum Gasteiger partial charge on any atom is -0.300 e. The summed E-state index contributed by atoms with van der Waals surface area (Å²) in [6, 6.07) is 0. The van der Waals surface area contributed by atoms with E-state index < -0.39 is 23.5 Å². The van der Waals surface area contributed by atoms with Crippen LogP contribution in [-0.2, 0) is 4.79 Å². The Morgan fingerprint density at radius 2 is 1.64 bits per heavy atom. The van der Waals surface area contributed by atoms with E-state index in [4.69, 9.17) is 0 Å². The first-order valence-corrected chi connectivity index (χ1v) is 3.54. The van der Waals surface area contributed by atoms with Gasteiger partial charge in [0, 0.05) is 5.41 Å². The zero-order valence-corrected chi connectivity index (χ0v) is 7.37. The van der Waals surface area contributed by atoms with Crippen LogP contribution in [0, 0.1) is 5.41 Å². The minimum absolute atomic E-state index is 0.468. The van der Waals surface area contributed by atoms with Crippen LogP contribution in [0.5, 0.6) is 0 Å². The highest BCUT2D eigenvalue weighted by Gasteiger charge is 2.43. The summed E-state index contributed by atoms with van der Waals surface area (Å²) in [5.41, 5.74) is -1.13. The average Bonchev–Trinajstić information content (AvgIpc) is 1.56. The number of Topliss-reactive ketones (excluding diaryl/α,β-unsaturated/α-hetero) is 1. The van der Waals surface area contributed by atoms with Crippen LogP contribution in [0.25, 0.3) is 0 Å². The molecule has 0 aliphatic carbocycles. The van der Waals surface area contributed by atoms with E-state index in [0.717, 1.165) is 0 Å². The van der Waals surface area contributed by atoms with Gasteiger partial charge in [-0.3, -0.25) is 4.79 Å². The summed E-state index contributed by atoms with van der Waals surface area (Å²) in [7, 11) is 0. The molecule has 0 unspecified atom stereocenters. The Kier molecular flexibility index (Phi) is 2.75. The van der Waals surface area contributed by atoms with Crippen molar-refractivity contribution in [2.45, 2.75) is 40.0 Å². The first kappa shape index (κ1) is 10.5. The number of carbonyl (C=O) groups excluding carboxylic acids is 1. The quantitative estimate of drug-likeness (QED) is 0.613. The van der Waals surface area contributed by atoms with Crippen LogP contribution in [0.3, 0.4) is 0 Å². The molecule has 0 fully saturated rings. The first-order valence-electron chi connectivity index (χ1n) is 3.54. The molecule has 0 aromatic carbocycles.